The fraction of sp³-hybridized carbons (Fsp3) is 0.300. The van der Waals surface area contributed by atoms with Gasteiger partial charge in [-0.1, -0.05) is 12.2 Å². The van der Waals surface area contributed by atoms with Gasteiger partial charge in [-0.15, -0.1) is 0 Å². The van der Waals surface area contributed by atoms with Crippen molar-refractivity contribution in [1.29, 1.82) is 0 Å². The average Bonchev–Trinajstić information content (AvgIpc) is 2.70. The van der Waals surface area contributed by atoms with Crippen molar-refractivity contribution in [3.63, 3.8) is 0 Å². The molecule has 2 aromatic carbocycles. The quantitative estimate of drug-likeness (QED) is 0.666. The Balaban J connectivity index is 2.44. The number of hydrogen-bond donors (Lipinski definition) is 0. The van der Waals surface area contributed by atoms with Gasteiger partial charge in [-0.25, -0.2) is 0 Å². The number of methoxy groups -OCH3 is 6. The van der Waals surface area contributed by atoms with E-state index in [2.05, 4.69) is 0 Å². The summed E-state index contributed by atoms with van der Waals surface area (Å²) in [5, 5.41) is 0. The average molecular weight is 360 g/mol. The van der Waals surface area contributed by atoms with Gasteiger partial charge in [0.15, 0.2) is 23.0 Å². The molecule has 6 heteroatoms. The summed E-state index contributed by atoms with van der Waals surface area (Å²) in [6, 6.07) is 7.48. The molecule has 0 bridgehead atoms. The zero-order valence-electron chi connectivity index (χ0n) is 15.9. The lowest BCUT2D eigenvalue weighted by Gasteiger charge is -2.13. The van der Waals surface area contributed by atoms with Gasteiger partial charge >= 0.3 is 0 Å². The monoisotopic (exact) mass is 360 g/mol. The van der Waals surface area contributed by atoms with Crippen molar-refractivity contribution in [2.45, 2.75) is 0 Å². The minimum absolute atomic E-state index is 0.555. The van der Waals surface area contributed by atoms with Crippen LogP contribution in [0.3, 0.4) is 0 Å². The third kappa shape index (κ3) is 3.96. The number of benzene rings is 2. The molecular formula is C20H24O6. The second-order valence-corrected chi connectivity index (χ2v) is 5.25. The number of hydrogen-bond acceptors (Lipinski definition) is 6. The molecule has 0 aliphatic carbocycles. The van der Waals surface area contributed by atoms with E-state index in [0.717, 1.165) is 11.1 Å². The lowest BCUT2D eigenvalue weighted by atomic mass is 10.1. The second kappa shape index (κ2) is 8.89. The molecule has 0 aliphatic rings. The Morgan fingerprint density at radius 2 is 0.731 bits per heavy atom. The Bertz CT molecular complexity index is 666. The Morgan fingerprint density at radius 3 is 0.923 bits per heavy atom. The molecular weight excluding hydrogens is 336 g/mol. The first-order valence-electron chi connectivity index (χ1n) is 7.89. The van der Waals surface area contributed by atoms with Crippen molar-refractivity contribution in [3.8, 4) is 34.5 Å². The molecule has 0 atom stereocenters. The Kier molecular flexibility index (Phi) is 6.60. The lowest BCUT2D eigenvalue weighted by Crippen LogP contribution is -1.96. The molecule has 0 aromatic heterocycles. The van der Waals surface area contributed by atoms with E-state index in [1.54, 1.807) is 42.7 Å². The minimum atomic E-state index is 0.555. The second-order valence-electron chi connectivity index (χ2n) is 5.25. The largest absolute Gasteiger partial charge is 0.493 e. The first-order chi connectivity index (χ1) is 12.6. The predicted octanol–water partition coefficient (Wildman–Crippen LogP) is 3.91. The van der Waals surface area contributed by atoms with Gasteiger partial charge in [-0.2, -0.15) is 0 Å². The summed E-state index contributed by atoms with van der Waals surface area (Å²) < 4.78 is 32.2. The van der Waals surface area contributed by atoms with Crippen LogP contribution >= 0.6 is 0 Å². The highest BCUT2D eigenvalue weighted by atomic mass is 16.5. The predicted molar refractivity (Wildman–Crippen MR) is 101 cm³/mol. The van der Waals surface area contributed by atoms with E-state index in [1.165, 1.54) is 0 Å². The van der Waals surface area contributed by atoms with Crippen molar-refractivity contribution in [2.75, 3.05) is 42.7 Å². The first-order valence-corrected chi connectivity index (χ1v) is 7.89. The van der Waals surface area contributed by atoms with Gasteiger partial charge in [0.1, 0.15) is 0 Å². The maximum absolute atomic E-state index is 5.38. The van der Waals surface area contributed by atoms with Gasteiger partial charge in [0.2, 0.25) is 11.5 Å². The summed E-state index contributed by atoms with van der Waals surface area (Å²) in [5.41, 5.74) is 1.79. The number of rotatable bonds is 8. The van der Waals surface area contributed by atoms with Crippen LogP contribution in [0.1, 0.15) is 11.1 Å². The molecule has 6 nitrogen and oxygen atoms in total. The zero-order valence-corrected chi connectivity index (χ0v) is 15.9. The molecule has 0 saturated heterocycles. The molecule has 0 spiro atoms. The summed E-state index contributed by atoms with van der Waals surface area (Å²) in [7, 11) is 9.50. The Labute approximate surface area is 153 Å². The molecule has 0 fully saturated rings. The smallest absolute Gasteiger partial charge is 0.203 e. The first kappa shape index (κ1) is 19.3. The Morgan fingerprint density at radius 1 is 0.462 bits per heavy atom. The SMILES string of the molecule is COc1cc(C=Cc2cc(OC)c(OC)c(OC)c2)cc(OC)c1OC. The molecule has 140 valence electrons. The van der Waals surface area contributed by atoms with Gasteiger partial charge < -0.3 is 28.4 Å². The van der Waals surface area contributed by atoms with E-state index >= 15 is 0 Å². The highest BCUT2D eigenvalue weighted by Crippen LogP contribution is 2.40. The van der Waals surface area contributed by atoms with Crippen LogP contribution < -0.4 is 28.4 Å². The highest BCUT2D eigenvalue weighted by molar-refractivity contribution is 5.75. The zero-order chi connectivity index (χ0) is 19.1. The third-order valence-corrected chi connectivity index (χ3v) is 3.84. The molecule has 0 amide bonds. The minimum Gasteiger partial charge on any atom is -0.493 e. The summed E-state index contributed by atoms with van der Waals surface area (Å²) in [4.78, 5) is 0. The van der Waals surface area contributed by atoms with Crippen LogP contribution in [0.4, 0.5) is 0 Å². The summed E-state index contributed by atoms with van der Waals surface area (Å²) in [6.45, 7) is 0. The maximum atomic E-state index is 5.38. The van der Waals surface area contributed by atoms with E-state index in [4.69, 9.17) is 28.4 Å². The van der Waals surface area contributed by atoms with Crippen LogP contribution in [0.15, 0.2) is 24.3 Å². The molecule has 2 rings (SSSR count). The van der Waals surface area contributed by atoms with Crippen molar-refractivity contribution < 1.29 is 28.4 Å². The topological polar surface area (TPSA) is 55.4 Å². The molecule has 0 saturated carbocycles. The van der Waals surface area contributed by atoms with Gasteiger partial charge in [0, 0.05) is 0 Å². The summed E-state index contributed by atoms with van der Waals surface area (Å²) in [5.74, 6) is 3.49. The number of ether oxygens (including phenoxy) is 6. The van der Waals surface area contributed by atoms with Crippen LogP contribution in [0.25, 0.3) is 12.2 Å². The molecule has 0 unspecified atom stereocenters. The van der Waals surface area contributed by atoms with Crippen molar-refractivity contribution >= 4 is 12.2 Å². The van der Waals surface area contributed by atoms with Crippen LogP contribution in [0.5, 0.6) is 34.5 Å². The molecule has 2 aromatic rings. The van der Waals surface area contributed by atoms with Crippen molar-refractivity contribution in [1.82, 2.24) is 0 Å². The van der Waals surface area contributed by atoms with Gasteiger partial charge in [-0.3, -0.25) is 0 Å². The van der Waals surface area contributed by atoms with Gasteiger partial charge in [0.05, 0.1) is 42.7 Å². The molecule has 0 aliphatic heterocycles. The summed E-state index contributed by atoms with van der Waals surface area (Å²) in [6.07, 6.45) is 3.87. The van der Waals surface area contributed by atoms with E-state index < -0.39 is 0 Å². The van der Waals surface area contributed by atoms with E-state index in [0.29, 0.717) is 34.5 Å². The van der Waals surface area contributed by atoms with Crippen LogP contribution in [0, 0.1) is 0 Å². The molecule has 0 radical (unpaired) electrons. The third-order valence-electron chi connectivity index (χ3n) is 3.84. The normalized spacial score (nSPS) is 10.5. The fourth-order valence-corrected chi connectivity index (χ4v) is 2.59. The van der Waals surface area contributed by atoms with Crippen molar-refractivity contribution in [2.24, 2.45) is 0 Å². The standard InChI is InChI=1S/C20H24O6/c1-21-15-9-13(10-16(22-2)19(15)25-5)7-8-14-11-17(23-3)20(26-6)18(12-14)24-4/h7-12H,1-6H3. The molecule has 26 heavy (non-hydrogen) atoms. The van der Waals surface area contributed by atoms with Gasteiger partial charge in [-0.05, 0) is 35.4 Å². The van der Waals surface area contributed by atoms with E-state index in [-0.39, 0.29) is 0 Å². The summed E-state index contributed by atoms with van der Waals surface area (Å²) >= 11 is 0. The molecule has 0 heterocycles. The Hall–Kier alpha value is -3.02. The molecule has 0 N–H and O–H groups in total. The van der Waals surface area contributed by atoms with Crippen LogP contribution in [-0.4, -0.2) is 42.7 Å². The van der Waals surface area contributed by atoms with E-state index in [9.17, 15) is 0 Å². The van der Waals surface area contributed by atoms with Gasteiger partial charge in [0.25, 0.3) is 0 Å². The lowest BCUT2D eigenvalue weighted by molar-refractivity contribution is 0.324. The maximum Gasteiger partial charge on any atom is 0.203 e. The van der Waals surface area contributed by atoms with Crippen molar-refractivity contribution in [3.05, 3.63) is 35.4 Å². The van der Waals surface area contributed by atoms with Crippen LogP contribution in [0.2, 0.25) is 0 Å². The highest BCUT2D eigenvalue weighted by Gasteiger charge is 2.13. The fourth-order valence-electron chi connectivity index (χ4n) is 2.59. The van der Waals surface area contributed by atoms with Crippen LogP contribution in [-0.2, 0) is 0 Å². The van der Waals surface area contributed by atoms with E-state index in [1.807, 2.05) is 36.4 Å².